The van der Waals surface area contributed by atoms with E-state index in [0.717, 1.165) is 47.9 Å². The van der Waals surface area contributed by atoms with Crippen LogP contribution in [0.3, 0.4) is 0 Å². The molecule has 1 heterocycles. The summed E-state index contributed by atoms with van der Waals surface area (Å²) in [6.07, 6.45) is -1.58. The van der Waals surface area contributed by atoms with Crippen LogP contribution in [0.15, 0.2) is 103 Å². The highest BCUT2D eigenvalue weighted by Crippen LogP contribution is 2.37. The Labute approximate surface area is 279 Å². The predicted octanol–water partition coefficient (Wildman–Crippen LogP) is 8.55. The van der Waals surface area contributed by atoms with Crippen LogP contribution in [0.25, 0.3) is 0 Å². The molecule has 4 aromatic carbocycles. The van der Waals surface area contributed by atoms with E-state index in [2.05, 4.69) is 29.2 Å². The Balaban J connectivity index is 1.27. The van der Waals surface area contributed by atoms with Gasteiger partial charge in [-0.05, 0) is 72.7 Å². The molecule has 5 nitrogen and oxygen atoms in total. The van der Waals surface area contributed by atoms with Crippen LogP contribution in [0.5, 0.6) is 5.75 Å². The molecule has 1 aliphatic heterocycles. The molecular weight excluding hydrogens is 625 g/mol. The second kappa shape index (κ2) is 16.3. The first-order valence-electron chi connectivity index (χ1n) is 16.0. The number of carbonyl (C=O) groups is 1. The quantitative estimate of drug-likeness (QED) is 0.129. The van der Waals surface area contributed by atoms with Gasteiger partial charge in [0.2, 0.25) is 0 Å². The average Bonchev–Trinajstić information content (AvgIpc) is 3.55. The first kappa shape index (κ1) is 34.5. The van der Waals surface area contributed by atoms with Gasteiger partial charge in [0, 0.05) is 32.1 Å². The fourth-order valence-corrected chi connectivity index (χ4v) is 6.64. The van der Waals surface area contributed by atoms with E-state index in [1.807, 2.05) is 65.6 Å². The van der Waals surface area contributed by atoms with Crippen molar-refractivity contribution in [2.75, 3.05) is 32.8 Å². The van der Waals surface area contributed by atoms with Crippen molar-refractivity contribution < 1.29 is 27.8 Å². The summed E-state index contributed by atoms with van der Waals surface area (Å²) in [4.78, 5) is 15.7. The largest absolute Gasteiger partial charge is 0.494 e. The minimum atomic E-state index is -4.54. The molecule has 1 saturated heterocycles. The summed E-state index contributed by atoms with van der Waals surface area (Å²) >= 11 is 6.35. The third kappa shape index (κ3) is 9.60. The first-order valence-corrected chi connectivity index (χ1v) is 16.4. The number of hydrogen-bond acceptors (Lipinski definition) is 4. The zero-order valence-electron chi connectivity index (χ0n) is 26.2. The van der Waals surface area contributed by atoms with Crippen LogP contribution in [0.2, 0.25) is 5.02 Å². The second-order valence-electron chi connectivity index (χ2n) is 12.0. The van der Waals surface area contributed by atoms with Gasteiger partial charge in [-0.3, -0.25) is 14.6 Å². The lowest BCUT2D eigenvalue weighted by molar-refractivity contribution is -0.142. The Morgan fingerprint density at radius 2 is 1.64 bits per heavy atom. The van der Waals surface area contributed by atoms with Crippen LogP contribution < -0.4 is 4.74 Å². The van der Waals surface area contributed by atoms with Crippen molar-refractivity contribution in [2.45, 2.75) is 50.4 Å². The molecule has 1 N–H and O–H groups in total. The number of aliphatic carboxylic acids is 1. The molecule has 0 aromatic heterocycles. The topological polar surface area (TPSA) is 53.0 Å². The number of rotatable bonds is 15. The van der Waals surface area contributed by atoms with Crippen molar-refractivity contribution in [1.29, 1.82) is 0 Å². The van der Waals surface area contributed by atoms with Crippen LogP contribution in [0, 0.1) is 0 Å². The summed E-state index contributed by atoms with van der Waals surface area (Å²) < 4.78 is 47.2. The van der Waals surface area contributed by atoms with Gasteiger partial charge < -0.3 is 9.84 Å². The summed E-state index contributed by atoms with van der Waals surface area (Å²) in [5, 5.41) is 9.21. The Morgan fingerprint density at radius 3 is 2.30 bits per heavy atom. The number of carboxylic acids is 1. The number of benzene rings is 4. The molecule has 5 rings (SSSR count). The van der Waals surface area contributed by atoms with Gasteiger partial charge in [-0.2, -0.15) is 13.2 Å². The zero-order valence-corrected chi connectivity index (χ0v) is 27.0. The number of halogens is 4. The maximum absolute atomic E-state index is 13.7. The standard InChI is InChI=1S/C38H40ClF3N2O3/c39-36-31(16-8-18-34(36)38(40,41)42)26-43(27-33(29-12-3-1-4-13-29)30-14-5-2-6-15-30)21-10-24-47-32-17-7-11-28(25-32)20-23-44-22-9-19-35(44)37(45)46/h1-8,11-18,25,33,35H,9-10,19-24,26-27H2,(H,45,46)/t35-/m1/s1. The maximum atomic E-state index is 13.7. The van der Waals surface area contributed by atoms with E-state index in [4.69, 9.17) is 16.3 Å². The normalized spacial score (nSPS) is 15.4. The highest BCUT2D eigenvalue weighted by atomic mass is 35.5. The number of nitrogens with zero attached hydrogens (tertiary/aromatic N) is 2. The van der Waals surface area contributed by atoms with Gasteiger partial charge in [0.15, 0.2) is 0 Å². The number of ether oxygens (including phenoxy) is 1. The van der Waals surface area contributed by atoms with Gasteiger partial charge in [0.25, 0.3) is 0 Å². The highest BCUT2D eigenvalue weighted by molar-refractivity contribution is 6.32. The van der Waals surface area contributed by atoms with E-state index in [1.54, 1.807) is 6.07 Å². The molecule has 4 aromatic rings. The molecule has 0 saturated carbocycles. The Hall–Kier alpha value is -3.85. The van der Waals surface area contributed by atoms with Crippen LogP contribution in [-0.4, -0.2) is 59.7 Å². The molecule has 1 fully saturated rings. The summed E-state index contributed by atoms with van der Waals surface area (Å²) in [5.74, 6) is -0.0312. The third-order valence-corrected chi connectivity index (χ3v) is 9.19. The Kier molecular flexibility index (Phi) is 12.0. The molecule has 0 spiro atoms. The van der Waals surface area contributed by atoms with Gasteiger partial charge in [-0.25, -0.2) is 0 Å². The molecule has 0 unspecified atom stereocenters. The van der Waals surface area contributed by atoms with E-state index in [-0.39, 0.29) is 17.5 Å². The second-order valence-corrected chi connectivity index (χ2v) is 12.4. The van der Waals surface area contributed by atoms with Gasteiger partial charge in [0.05, 0.1) is 17.2 Å². The molecule has 0 bridgehead atoms. The van der Waals surface area contributed by atoms with Crippen molar-refractivity contribution in [3.05, 3.63) is 136 Å². The van der Waals surface area contributed by atoms with Crippen LogP contribution >= 0.6 is 11.6 Å². The minimum Gasteiger partial charge on any atom is -0.494 e. The lowest BCUT2D eigenvalue weighted by Crippen LogP contribution is -2.37. The fraction of sp³-hybridized carbons (Fsp3) is 0.342. The third-order valence-electron chi connectivity index (χ3n) is 8.74. The van der Waals surface area contributed by atoms with Gasteiger partial charge in [-0.15, -0.1) is 0 Å². The SMILES string of the molecule is O=C(O)[C@H]1CCCN1CCc1cccc(OCCCN(Cc2cccc(C(F)(F)F)c2Cl)CC(c2ccccc2)c2ccccc2)c1. The van der Waals surface area contributed by atoms with Crippen molar-refractivity contribution in [1.82, 2.24) is 9.80 Å². The lowest BCUT2D eigenvalue weighted by atomic mass is 9.90. The average molecular weight is 665 g/mol. The van der Waals surface area contributed by atoms with Crippen molar-refractivity contribution in [3.8, 4) is 5.75 Å². The predicted molar refractivity (Wildman–Crippen MR) is 179 cm³/mol. The van der Waals surface area contributed by atoms with E-state index in [9.17, 15) is 23.1 Å². The molecule has 1 atom stereocenters. The summed E-state index contributed by atoms with van der Waals surface area (Å²) in [6.45, 7) is 3.30. The number of alkyl halides is 3. The van der Waals surface area contributed by atoms with Crippen LogP contribution in [0.1, 0.15) is 53.0 Å². The van der Waals surface area contributed by atoms with E-state index >= 15 is 0 Å². The lowest BCUT2D eigenvalue weighted by Gasteiger charge is -2.29. The highest BCUT2D eigenvalue weighted by Gasteiger charge is 2.34. The first-order chi connectivity index (χ1) is 22.7. The summed E-state index contributed by atoms with van der Waals surface area (Å²) in [7, 11) is 0. The number of carboxylic acid groups (broad SMARTS) is 1. The Morgan fingerprint density at radius 1 is 0.957 bits per heavy atom. The van der Waals surface area contributed by atoms with Crippen LogP contribution in [0.4, 0.5) is 13.2 Å². The maximum Gasteiger partial charge on any atom is 0.417 e. The molecule has 248 valence electrons. The van der Waals surface area contributed by atoms with Gasteiger partial charge in [-0.1, -0.05) is 96.5 Å². The number of likely N-dealkylation sites (tertiary alicyclic amines) is 1. The van der Waals surface area contributed by atoms with E-state index < -0.39 is 23.8 Å². The molecule has 0 aliphatic carbocycles. The van der Waals surface area contributed by atoms with Crippen molar-refractivity contribution >= 4 is 17.6 Å². The van der Waals surface area contributed by atoms with Crippen LogP contribution in [-0.2, 0) is 23.9 Å². The smallest absolute Gasteiger partial charge is 0.417 e. The molecule has 9 heteroatoms. The monoisotopic (exact) mass is 664 g/mol. The summed E-state index contributed by atoms with van der Waals surface area (Å²) in [5.41, 5.74) is 2.92. The Bertz CT molecular complexity index is 1550. The molecule has 0 amide bonds. The molecule has 1 aliphatic rings. The molecule has 47 heavy (non-hydrogen) atoms. The zero-order chi connectivity index (χ0) is 33.2. The van der Waals surface area contributed by atoms with Gasteiger partial charge >= 0.3 is 12.1 Å². The van der Waals surface area contributed by atoms with Gasteiger partial charge in [0.1, 0.15) is 11.8 Å². The van der Waals surface area contributed by atoms with Crippen molar-refractivity contribution in [3.63, 3.8) is 0 Å². The van der Waals surface area contributed by atoms with Crippen molar-refractivity contribution in [2.24, 2.45) is 0 Å². The fourth-order valence-electron chi connectivity index (χ4n) is 6.34. The summed E-state index contributed by atoms with van der Waals surface area (Å²) in [6, 6.07) is 31.8. The number of hydrogen-bond donors (Lipinski definition) is 1. The molecule has 0 radical (unpaired) electrons. The van der Waals surface area contributed by atoms with E-state index in [1.165, 1.54) is 6.07 Å². The van der Waals surface area contributed by atoms with E-state index in [0.29, 0.717) is 44.6 Å². The minimum absolute atomic E-state index is 0.00379. The molecular formula is C38H40ClF3N2O3.